The first-order valence-electron chi connectivity index (χ1n) is 8.23. The topological polar surface area (TPSA) is 74.8 Å². The van der Waals surface area contributed by atoms with Crippen molar-refractivity contribution < 1.29 is 18.0 Å². The molecule has 130 valence electrons. The van der Waals surface area contributed by atoms with Crippen LogP contribution in [0.25, 0.3) is 0 Å². The third-order valence-corrected chi connectivity index (χ3v) is 6.89. The summed E-state index contributed by atoms with van der Waals surface area (Å²) < 4.78 is 27.2. The molecule has 2 heterocycles. The molecule has 24 heavy (non-hydrogen) atoms. The predicted octanol–water partition coefficient (Wildman–Crippen LogP) is 1.61. The maximum absolute atomic E-state index is 12.9. The first-order valence-corrected chi connectivity index (χ1v) is 9.67. The zero-order valence-corrected chi connectivity index (χ0v) is 14.8. The minimum Gasteiger partial charge on any atom is -0.279 e. The second-order valence-electron chi connectivity index (χ2n) is 6.56. The number of nitrogens with zero attached hydrogens (tertiary/aromatic N) is 2. The van der Waals surface area contributed by atoms with Crippen LogP contribution < -0.4 is 0 Å². The monoisotopic (exact) mass is 350 g/mol. The summed E-state index contributed by atoms with van der Waals surface area (Å²) in [4.78, 5) is 25.3. The van der Waals surface area contributed by atoms with E-state index in [1.807, 2.05) is 13.0 Å². The predicted molar refractivity (Wildman–Crippen MR) is 88.8 cm³/mol. The average Bonchev–Trinajstić information content (AvgIpc) is 2.86. The number of sulfonamides is 1. The van der Waals surface area contributed by atoms with Gasteiger partial charge in [0.05, 0.1) is 4.90 Å². The number of rotatable bonds is 3. The first kappa shape index (κ1) is 17.1. The van der Waals surface area contributed by atoms with Gasteiger partial charge in [-0.2, -0.15) is 4.31 Å². The molecule has 0 aliphatic carbocycles. The molecule has 2 aliphatic rings. The van der Waals surface area contributed by atoms with E-state index in [1.165, 1.54) is 9.21 Å². The van der Waals surface area contributed by atoms with Crippen LogP contribution in [0.1, 0.15) is 36.8 Å². The van der Waals surface area contributed by atoms with Gasteiger partial charge in [0.1, 0.15) is 0 Å². The number of carbonyl (C=O) groups is 2. The van der Waals surface area contributed by atoms with Gasteiger partial charge in [0.25, 0.3) is 0 Å². The molecular formula is C17H22N2O4S. The Kier molecular flexibility index (Phi) is 4.48. The van der Waals surface area contributed by atoms with E-state index in [1.54, 1.807) is 19.1 Å². The summed E-state index contributed by atoms with van der Waals surface area (Å²) in [6.07, 6.45) is 1.56. The Morgan fingerprint density at radius 3 is 2.12 bits per heavy atom. The van der Waals surface area contributed by atoms with E-state index in [0.29, 0.717) is 30.8 Å². The Morgan fingerprint density at radius 1 is 1.00 bits per heavy atom. The van der Waals surface area contributed by atoms with Crippen LogP contribution in [0.3, 0.4) is 0 Å². The van der Waals surface area contributed by atoms with Crippen molar-refractivity contribution in [1.82, 2.24) is 9.21 Å². The van der Waals surface area contributed by atoms with E-state index in [2.05, 4.69) is 0 Å². The summed E-state index contributed by atoms with van der Waals surface area (Å²) in [6.45, 7) is 4.39. The first-order chi connectivity index (χ1) is 11.3. The summed E-state index contributed by atoms with van der Waals surface area (Å²) in [5.74, 6) is -0.258. The number of aryl methyl sites for hydroxylation is 2. The quantitative estimate of drug-likeness (QED) is 0.776. The maximum Gasteiger partial charge on any atom is 0.243 e. The van der Waals surface area contributed by atoms with Crippen molar-refractivity contribution >= 4 is 21.8 Å². The van der Waals surface area contributed by atoms with Crippen LogP contribution in [0, 0.1) is 13.8 Å². The van der Waals surface area contributed by atoms with Crippen LogP contribution in [-0.4, -0.2) is 48.6 Å². The molecule has 0 saturated carbocycles. The number of likely N-dealkylation sites (tertiary alicyclic amines) is 1. The Balaban J connectivity index is 1.74. The van der Waals surface area contributed by atoms with Crippen LogP contribution in [-0.2, 0) is 19.6 Å². The third-order valence-electron chi connectivity index (χ3n) is 4.83. The number of carbonyl (C=O) groups excluding carboxylic acids is 2. The summed E-state index contributed by atoms with van der Waals surface area (Å²) >= 11 is 0. The molecule has 2 saturated heterocycles. The summed E-state index contributed by atoms with van der Waals surface area (Å²) in [5, 5.41) is 0. The lowest BCUT2D eigenvalue weighted by Gasteiger charge is -2.35. The van der Waals surface area contributed by atoms with Gasteiger partial charge >= 0.3 is 0 Å². The molecule has 0 bridgehead atoms. The van der Waals surface area contributed by atoms with Gasteiger partial charge in [-0.1, -0.05) is 17.7 Å². The van der Waals surface area contributed by atoms with E-state index in [-0.39, 0.29) is 30.7 Å². The molecule has 1 aromatic rings. The van der Waals surface area contributed by atoms with Crippen molar-refractivity contribution in [2.75, 3.05) is 13.1 Å². The molecule has 6 nitrogen and oxygen atoms in total. The zero-order chi connectivity index (χ0) is 17.5. The maximum atomic E-state index is 12.9. The minimum absolute atomic E-state index is 0.129. The number of hydrogen-bond donors (Lipinski definition) is 0. The molecule has 2 aliphatic heterocycles. The van der Waals surface area contributed by atoms with Crippen molar-refractivity contribution in [2.45, 2.75) is 50.5 Å². The van der Waals surface area contributed by atoms with Gasteiger partial charge in [-0.05, 0) is 38.3 Å². The molecule has 0 radical (unpaired) electrons. The summed E-state index contributed by atoms with van der Waals surface area (Å²) in [6, 6.07) is 5.15. The largest absolute Gasteiger partial charge is 0.279 e. The number of imide groups is 1. The highest BCUT2D eigenvalue weighted by atomic mass is 32.2. The summed E-state index contributed by atoms with van der Waals surface area (Å²) in [7, 11) is -3.54. The standard InChI is InChI=1S/C17H22N2O4S/c1-12-3-4-15(13(2)11-12)24(22,23)18-9-7-14(8-10-18)19-16(20)5-6-17(19)21/h3-4,11,14H,5-10H2,1-2H3. The van der Waals surface area contributed by atoms with Gasteiger partial charge in [0.15, 0.2) is 0 Å². The SMILES string of the molecule is Cc1ccc(S(=O)(=O)N2CCC(N3C(=O)CCC3=O)CC2)c(C)c1. The molecule has 0 spiro atoms. The highest BCUT2D eigenvalue weighted by molar-refractivity contribution is 7.89. The van der Waals surface area contributed by atoms with Crippen molar-refractivity contribution in [3.63, 3.8) is 0 Å². The number of amides is 2. The Bertz CT molecular complexity index is 764. The lowest BCUT2D eigenvalue weighted by molar-refractivity contribution is -0.141. The lowest BCUT2D eigenvalue weighted by Crippen LogP contribution is -2.48. The van der Waals surface area contributed by atoms with E-state index in [9.17, 15) is 18.0 Å². The fraction of sp³-hybridized carbons (Fsp3) is 0.529. The highest BCUT2D eigenvalue weighted by Crippen LogP contribution is 2.27. The molecular weight excluding hydrogens is 328 g/mol. The Morgan fingerprint density at radius 2 is 1.58 bits per heavy atom. The molecule has 7 heteroatoms. The van der Waals surface area contributed by atoms with E-state index in [4.69, 9.17) is 0 Å². The van der Waals surface area contributed by atoms with Gasteiger partial charge in [0.2, 0.25) is 21.8 Å². The van der Waals surface area contributed by atoms with E-state index in [0.717, 1.165) is 11.1 Å². The Hall–Kier alpha value is -1.73. The number of benzene rings is 1. The highest BCUT2D eigenvalue weighted by Gasteiger charge is 2.38. The molecule has 1 aromatic carbocycles. The zero-order valence-electron chi connectivity index (χ0n) is 14.0. The normalized spacial score (nSPS) is 20.8. The van der Waals surface area contributed by atoms with Crippen LogP contribution in [0.4, 0.5) is 0 Å². The average molecular weight is 350 g/mol. The second kappa shape index (κ2) is 6.29. The van der Waals surface area contributed by atoms with Crippen LogP contribution in [0.5, 0.6) is 0 Å². The van der Waals surface area contributed by atoms with E-state index < -0.39 is 10.0 Å². The number of hydrogen-bond acceptors (Lipinski definition) is 4. The molecule has 2 fully saturated rings. The lowest BCUT2D eigenvalue weighted by atomic mass is 10.1. The minimum atomic E-state index is -3.54. The third kappa shape index (κ3) is 2.98. The van der Waals surface area contributed by atoms with Gasteiger partial charge in [-0.15, -0.1) is 0 Å². The molecule has 0 atom stereocenters. The molecule has 0 unspecified atom stereocenters. The fourth-order valence-corrected chi connectivity index (χ4v) is 5.25. The fourth-order valence-electron chi connectivity index (χ4n) is 3.57. The molecule has 2 amide bonds. The van der Waals surface area contributed by atoms with Gasteiger partial charge in [0, 0.05) is 32.0 Å². The second-order valence-corrected chi connectivity index (χ2v) is 8.47. The van der Waals surface area contributed by atoms with Crippen molar-refractivity contribution in [3.05, 3.63) is 29.3 Å². The van der Waals surface area contributed by atoms with E-state index >= 15 is 0 Å². The van der Waals surface area contributed by atoms with Crippen LogP contribution in [0.15, 0.2) is 23.1 Å². The van der Waals surface area contributed by atoms with Crippen LogP contribution in [0.2, 0.25) is 0 Å². The van der Waals surface area contributed by atoms with Crippen molar-refractivity contribution in [1.29, 1.82) is 0 Å². The molecule has 0 N–H and O–H groups in total. The van der Waals surface area contributed by atoms with Crippen molar-refractivity contribution in [3.8, 4) is 0 Å². The van der Waals surface area contributed by atoms with Crippen LogP contribution >= 0.6 is 0 Å². The van der Waals surface area contributed by atoms with Gasteiger partial charge in [-0.25, -0.2) is 8.42 Å². The van der Waals surface area contributed by atoms with Crippen molar-refractivity contribution in [2.24, 2.45) is 0 Å². The molecule has 0 aromatic heterocycles. The smallest absolute Gasteiger partial charge is 0.243 e. The van der Waals surface area contributed by atoms with Gasteiger partial charge in [-0.3, -0.25) is 14.5 Å². The van der Waals surface area contributed by atoms with Gasteiger partial charge < -0.3 is 0 Å². The Labute approximate surface area is 142 Å². The number of piperidine rings is 1. The molecule has 3 rings (SSSR count). The summed E-state index contributed by atoms with van der Waals surface area (Å²) in [5.41, 5.74) is 1.76.